The number of nitrogens with one attached hydrogen (secondary N) is 1. The van der Waals surface area contributed by atoms with E-state index in [4.69, 9.17) is 12.2 Å². The van der Waals surface area contributed by atoms with Crippen molar-refractivity contribution in [3.8, 4) is 0 Å². The molecule has 3 rings (SSSR count). The summed E-state index contributed by atoms with van der Waals surface area (Å²) in [5.74, 6) is -0.0403. The molecule has 0 radical (unpaired) electrons. The van der Waals surface area contributed by atoms with E-state index in [2.05, 4.69) is 36.2 Å². The summed E-state index contributed by atoms with van der Waals surface area (Å²) < 4.78 is 0.661. The van der Waals surface area contributed by atoms with Gasteiger partial charge in [0.2, 0.25) is 0 Å². The topological polar surface area (TPSA) is 32.3 Å². The van der Waals surface area contributed by atoms with Gasteiger partial charge in [0.25, 0.3) is 5.91 Å². The van der Waals surface area contributed by atoms with Crippen LogP contribution in [0.3, 0.4) is 0 Å². The van der Waals surface area contributed by atoms with E-state index < -0.39 is 0 Å². The van der Waals surface area contributed by atoms with E-state index in [0.717, 1.165) is 9.20 Å². The number of nitrogens with zero attached hydrogens (tertiary/aromatic N) is 1. The maximum absolute atomic E-state index is 12.5. The quantitative estimate of drug-likeness (QED) is 0.830. The molecule has 6 heteroatoms. The van der Waals surface area contributed by atoms with Gasteiger partial charge in [-0.15, -0.1) is 11.3 Å². The zero-order valence-electron chi connectivity index (χ0n) is 13.0. The van der Waals surface area contributed by atoms with Crippen molar-refractivity contribution in [2.45, 2.75) is 31.3 Å². The van der Waals surface area contributed by atoms with Gasteiger partial charge in [-0.05, 0) is 30.9 Å². The molecule has 2 heterocycles. The fourth-order valence-electron chi connectivity index (χ4n) is 2.61. The average Bonchev–Trinajstić information content (AvgIpc) is 3.11. The van der Waals surface area contributed by atoms with E-state index >= 15 is 0 Å². The number of thiocarbonyl (C=S) groups is 1. The van der Waals surface area contributed by atoms with Crippen molar-refractivity contribution in [2.24, 2.45) is 0 Å². The van der Waals surface area contributed by atoms with Crippen LogP contribution in [-0.2, 0) is 6.54 Å². The zero-order valence-corrected chi connectivity index (χ0v) is 15.4. The molecule has 1 aromatic carbocycles. The third-order valence-corrected chi connectivity index (χ3v) is 6.28. The van der Waals surface area contributed by atoms with Crippen LogP contribution in [0.15, 0.2) is 47.8 Å². The van der Waals surface area contributed by atoms with Gasteiger partial charge < -0.3 is 10.2 Å². The second-order valence-corrected chi connectivity index (χ2v) is 9.17. The summed E-state index contributed by atoms with van der Waals surface area (Å²) in [7, 11) is 0. The van der Waals surface area contributed by atoms with Gasteiger partial charge >= 0.3 is 0 Å². The van der Waals surface area contributed by atoms with Gasteiger partial charge in [-0.2, -0.15) is 0 Å². The van der Waals surface area contributed by atoms with Crippen molar-refractivity contribution in [2.75, 3.05) is 0 Å². The van der Waals surface area contributed by atoms with E-state index in [0.29, 0.717) is 6.54 Å². The maximum atomic E-state index is 12.5. The normalized spacial score (nSPS) is 19.8. The molecule has 0 unspecified atom stereocenters. The van der Waals surface area contributed by atoms with Crippen LogP contribution in [0.5, 0.6) is 0 Å². The second-order valence-electron chi connectivity index (χ2n) is 5.94. The van der Waals surface area contributed by atoms with Crippen molar-refractivity contribution in [1.82, 2.24) is 10.2 Å². The van der Waals surface area contributed by atoms with Crippen LogP contribution in [0.4, 0.5) is 0 Å². The third kappa shape index (κ3) is 3.59. The lowest BCUT2D eigenvalue weighted by Crippen LogP contribution is -2.53. The Kier molecular flexibility index (Phi) is 4.75. The van der Waals surface area contributed by atoms with Crippen molar-refractivity contribution >= 4 is 45.5 Å². The zero-order chi connectivity index (χ0) is 16.4. The molecule has 0 saturated carbocycles. The third-order valence-electron chi connectivity index (χ3n) is 3.76. The molecule has 23 heavy (non-hydrogen) atoms. The molecule has 1 saturated heterocycles. The molecule has 1 atom stereocenters. The number of hydrogen-bond donors (Lipinski definition) is 1. The van der Waals surface area contributed by atoms with Crippen LogP contribution in [0, 0.1) is 0 Å². The number of benzene rings is 1. The molecule has 3 nitrogen and oxygen atoms in total. The van der Waals surface area contributed by atoms with Gasteiger partial charge in [0.15, 0.2) is 0 Å². The van der Waals surface area contributed by atoms with Crippen molar-refractivity contribution < 1.29 is 4.79 Å². The second kappa shape index (κ2) is 6.63. The SMILES string of the molecule is CC1(C)SC(=S)N(Cc2ccccc2)[C@@H]1NC(=O)c1cccs1. The molecule has 1 aliphatic rings. The van der Waals surface area contributed by atoms with Gasteiger partial charge in [0.1, 0.15) is 10.5 Å². The van der Waals surface area contributed by atoms with E-state index in [1.165, 1.54) is 16.9 Å². The Morgan fingerprint density at radius 2 is 2.00 bits per heavy atom. The van der Waals surface area contributed by atoms with E-state index in [1.807, 2.05) is 35.7 Å². The number of amides is 1. The number of thioether (sulfide) groups is 1. The Bertz CT molecular complexity index is 698. The Morgan fingerprint density at radius 3 is 2.65 bits per heavy atom. The monoisotopic (exact) mass is 362 g/mol. The average molecular weight is 363 g/mol. The fraction of sp³-hybridized carbons (Fsp3) is 0.294. The molecule has 0 bridgehead atoms. The summed E-state index contributed by atoms with van der Waals surface area (Å²) in [6, 6.07) is 13.9. The summed E-state index contributed by atoms with van der Waals surface area (Å²) in [5, 5.41) is 5.07. The van der Waals surface area contributed by atoms with Gasteiger partial charge in [-0.1, -0.05) is 60.4 Å². The van der Waals surface area contributed by atoms with Gasteiger partial charge in [-0.3, -0.25) is 4.79 Å². The molecule has 1 aliphatic heterocycles. The molecular weight excluding hydrogens is 344 g/mol. The van der Waals surface area contributed by atoms with E-state index in [-0.39, 0.29) is 16.8 Å². The van der Waals surface area contributed by atoms with Crippen molar-refractivity contribution in [3.05, 3.63) is 58.3 Å². The van der Waals surface area contributed by atoms with Crippen LogP contribution >= 0.6 is 35.3 Å². The van der Waals surface area contributed by atoms with E-state index in [9.17, 15) is 4.79 Å². The Labute approximate surface area is 150 Å². The molecule has 1 fully saturated rings. The molecule has 0 spiro atoms. The summed E-state index contributed by atoms with van der Waals surface area (Å²) in [6.07, 6.45) is -0.130. The highest BCUT2D eigenvalue weighted by atomic mass is 32.2. The molecule has 1 N–H and O–H groups in total. The highest BCUT2D eigenvalue weighted by Gasteiger charge is 2.45. The number of carbonyl (C=O) groups is 1. The standard InChI is InChI=1S/C17H18N2OS3/c1-17(2)15(18-14(20)13-9-6-10-22-13)19(16(21)23-17)11-12-7-4-3-5-8-12/h3-10,15H,11H2,1-2H3,(H,18,20)/t15-/m0/s1. The van der Waals surface area contributed by atoms with Crippen LogP contribution < -0.4 is 5.32 Å². The van der Waals surface area contributed by atoms with Crippen LogP contribution in [0.25, 0.3) is 0 Å². The van der Waals surface area contributed by atoms with Crippen molar-refractivity contribution in [3.63, 3.8) is 0 Å². The first-order chi connectivity index (χ1) is 11.0. The Balaban J connectivity index is 1.81. The highest BCUT2D eigenvalue weighted by Crippen LogP contribution is 2.41. The summed E-state index contributed by atoms with van der Waals surface area (Å²) in [4.78, 5) is 15.3. The largest absolute Gasteiger partial charge is 0.331 e. The highest BCUT2D eigenvalue weighted by molar-refractivity contribution is 8.24. The molecule has 0 aliphatic carbocycles. The lowest BCUT2D eigenvalue weighted by atomic mass is 10.1. The number of carbonyl (C=O) groups excluding carboxylic acids is 1. The Morgan fingerprint density at radius 1 is 1.26 bits per heavy atom. The molecular formula is C17H18N2OS3. The number of rotatable bonds is 4. The van der Waals surface area contributed by atoms with Crippen molar-refractivity contribution in [1.29, 1.82) is 0 Å². The molecule has 1 aromatic heterocycles. The minimum absolute atomic E-state index is 0.0403. The number of thiophene rings is 1. The lowest BCUT2D eigenvalue weighted by molar-refractivity contribution is 0.0889. The predicted molar refractivity (Wildman–Crippen MR) is 102 cm³/mol. The first kappa shape index (κ1) is 16.5. The molecule has 1 amide bonds. The minimum atomic E-state index is -0.168. The number of hydrogen-bond acceptors (Lipinski definition) is 4. The van der Waals surface area contributed by atoms with Crippen LogP contribution in [0.2, 0.25) is 0 Å². The summed E-state index contributed by atoms with van der Waals surface area (Å²) in [6.45, 7) is 4.94. The Hall–Kier alpha value is -1.37. The maximum Gasteiger partial charge on any atom is 0.262 e. The van der Waals surface area contributed by atoms with Crippen LogP contribution in [0.1, 0.15) is 29.1 Å². The minimum Gasteiger partial charge on any atom is -0.331 e. The van der Waals surface area contributed by atoms with Crippen LogP contribution in [-0.4, -0.2) is 26.0 Å². The lowest BCUT2D eigenvalue weighted by Gasteiger charge is -2.32. The van der Waals surface area contributed by atoms with Gasteiger partial charge in [0, 0.05) is 6.54 Å². The first-order valence-electron chi connectivity index (χ1n) is 7.35. The first-order valence-corrected chi connectivity index (χ1v) is 9.46. The smallest absolute Gasteiger partial charge is 0.262 e. The van der Waals surface area contributed by atoms with Gasteiger partial charge in [-0.25, -0.2) is 0 Å². The van der Waals surface area contributed by atoms with E-state index in [1.54, 1.807) is 11.8 Å². The summed E-state index contributed by atoms with van der Waals surface area (Å²) >= 11 is 8.65. The molecule has 2 aromatic rings. The summed E-state index contributed by atoms with van der Waals surface area (Å²) in [5.41, 5.74) is 1.18. The fourth-order valence-corrected chi connectivity index (χ4v) is 5.09. The predicted octanol–water partition coefficient (Wildman–Crippen LogP) is 4.12. The van der Waals surface area contributed by atoms with Gasteiger partial charge in [0.05, 0.1) is 9.62 Å². The molecule has 120 valence electrons.